The normalized spacial score (nSPS) is 16.8. The molecular formula is C19H17ClN2O6S. The van der Waals surface area contributed by atoms with Gasteiger partial charge in [-0.3, -0.25) is 0 Å². The second kappa shape index (κ2) is 8.14. The standard InChI is InChI=1S/C19H17ClN2O6S/c1-28-18(24)16-15(10-29(26,27)14-4-2-3-12(20)9-14)21-19(25)22-17(16)11-5-7-13(23)8-6-11/h2-9,17,23H,10H2,1H3,(H2,21,22,25)/t17-/m1/s1. The van der Waals surface area contributed by atoms with Crippen molar-refractivity contribution in [3.8, 4) is 5.75 Å². The summed E-state index contributed by atoms with van der Waals surface area (Å²) >= 11 is 5.88. The highest BCUT2D eigenvalue weighted by Crippen LogP contribution is 2.30. The minimum atomic E-state index is -3.93. The fraction of sp³-hybridized carbons (Fsp3) is 0.158. The van der Waals surface area contributed by atoms with Crippen LogP contribution in [0.4, 0.5) is 4.79 Å². The Bertz CT molecular complexity index is 1100. The minimum absolute atomic E-state index is 0.00126. The van der Waals surface area contributed by atoms with Crippen molar-refractivity contribution in [1.29, 1.82) is 0 Å². The first kappa shape index (κ1) is 20.7. The lowest BCUT2D eigenvalue weighted by Gasteiger charge is -2.29. The number of halogens is 1. The summed E-state index contributed by atoms with van der Waals surface area (Å²) in [6, 6.07) is 9.86. The zero-order valence-electron chi connectivity index (χ0n) is 15.2. The topological polar surface area (TPSA) is 122 Å². The van der Waals surface area contributed by atoms with Gasteiger partial charge in [-0.1, -0.05) is 29.8 Å². The first-order chi connectivity index (χ1) is 13.7. The Hall–Kier alpha value is -3.04. The van der Waals surface area contributed by atoms with Gasteiger partial charge in [0.05, 0.1) is 29.4 Å². The first-order valence-corrected chi connectivity index (χ1v) is 10.4. The Morgan fingerprint density at radius 1 is 1.21 bits per heavy atom. The third kappa shape index (κ3) is 4.52. The number of nitrogens with one attached hydrogen (secondary N) is 2. The molecular weight excluding hydrogens is 420 g/mol. The Kier molecular flexibility index (Phi) is 5.81. The SMILES string of the molecule is COC(=O)C1=C(CS(=O)(=O)c2cccc(Cl)c2)NC(=O)N[C@@H]1c1ccc(O)cc1. The number of phenolic OH excluding ortho intramolecular Hbond substituents is 1. The van der Waals surface area contributed by atoms with E-state index in [9.17, 15) is 23.1 Å². The molecule has 0 spiro atoms. The van der Waals surface area contributed by atoms with Crippen LogP contribution in [-0.4, -0.2) is 38.4 Å². The maximum Gasteiger partial charge on any atom is 0.338 e. The van der Waals surface area contributed by atoms with E-state index in [1.165, 1.54) is 48.5 Å². The highest BCUT2D eigenvalue weighted by atomic mass is 35.5. The van der Waals surface area contributed by atoms with E-state index < -0.39 is 33.6 Å². The summed E-state index contributed by atoms with van der Waals surface area (Å²) in [6.45, 7) is 0. The van der Waals surface area contributed by atoms with Crippen molar-refractivity contribution in [1.82, 2.24) is 10.6 Å². The number of carbonyl (C=O) groups is 2. The van der Waals surface area contributed by atoms with E-state index in [2.05, 4.69) is 10.6 Å². The quantitative estimate of drug-likeness (QED) is 0.618. The Balaban J connectivity index is 2.09. The molecule has 0 aliphatic carbocycles. The number of sulfone groups is 1. The molecule has 1 aliphatic heterocycles. The van der Waals surface area contributed by atoms with Crippen LogP contribution < -0.4 is 10.6 Å². The van der Waals surface area contributed by atoms with Gasteiger partial charge >= 0.3 is 12.0 Å². The van der Waals surface area contributed by atoms with Gasteiger partial charge in [-0.05, 0) is 35.9 Å². The van der Waals surface area contributed by atoms with Crippen LogP contribution in [0.1, 0.15) is 11.6 Å². The van der Waals surface area contributed by atoms with Crippen LogP contribution in [0, 0.1) is 0 Å². The smallest absolute Gasteiger partial charge is 0.338 e. The number of carbonyl (C=O) groups excluding carboxylic acids is 2. The van der Waals surface area contributed by atoms with E-state index in [4.69, 9.17) is 16.3 Å². The number of phenols is 1. The van der Waals surface area contributed by atoms with Gasteiger partial charge in [0.25, 0.3) is 0 Å². The summed E-state index contributed by atoms with van der Waals surface area (Å²) < 4.78 is 30.5. The van der Waals surface area contributed by atoms with E-state index in [0.717, 1.165) is 7.11 Å². The van der Waals surface area contributed by atoms with Crippen LogP contribution in [0.15, 0.2) is 64.7 Å². The summed E-state index contributed by atoms with van der Waals surface area (Å²) in [5, 5.41) is 14.7. The molecule has 2 amide bonds. The maximum atomic E-state index is 12.9. The number of hydrogen-bond donors (Lipinski definition) is 3. The van der Waals surface area contributed by atoms with E-state index in [-0.39, 0.29) is 26.9 Å². The molecule has 0 bridgehead atoms. The van der Waals surface area contributed by atoms with Crippen LogP contribution in [0.3, 0.4) is 0 Å². The first-order valence-electron chi connectivity index (χ1n) is 8.37. The van der Waals surface area contributed by atoms with Crippen molar-refractivity contribution in [3.63, 3.8) is 0 Å². The van der Waals surface area contributed by atoms with Crippen LogP contribution in [0.5, 0.6) is 5.75 Å². The predicted molar refractivity (Wildman–Crippen MR) is 105 cm³/mol. The summed E-state index contributed by atoms with van der Waals surface area (Å²) in [6.07, 6.45) is 0. The molecule has 8 nitrogen and oxygen atoms in total. The number of urea groups is 1. The number of ether oxygens (including phenoxy) is 1. The van der Waals surface area contributed by atoms with Crippen molar-refractivity contribution in [2.75, 3.05) is 12.9 Å². The molecule has 10 heteroatoms. The number of amides is 2. The number of rotatable bonds is 5. The van der Waals surface area contributed by atoms with Crippen molar-refractivity contribution in [2.45, 2.75) is 10.9 Å². The third-order valence-electron chi connectivity index (χ3n) is 4.27. The number of esters is 1. The Morgan fingerprint density at radius 2 is 1.90 bits per heavy atom. The molecule has 0 fully saturated rings. The van der Waals surface area contributed by atoms with Crippen molar-refractivity contribution < 1.29 is 27.9 Å². The van der Waals surface area contributed by atoms with Gasteiger partial charge in [0.15, 0.2) is 9.84 Å². The van der Waals surface area contributed by atoms with Crippen LogP contribution in [-0.2, 0) is 19.4 Å². The highest BCUT2D eigenvalue weighted by molar-refractivity contribution is 7.91. The number of aromatic hydroxyl groups is 1. The van der Waals surface area contributed by atoms with E-state index in [0.29, 0.717) is 5.56 Å². The van der Waals surface area contributed by atoms with Gasteiger partial charge in [0.2, 0.25) is 0 Å². The molecule has 1 aliphatic rings. The van der Waals surface area contributed by atoms with Gasteiger partial charge in [-0.15, -0.1) is 0 Å². The summed E-state index contributed by atoms with van der Waals surface area (Å²) in [5.74, 6) is -1.44. The second-order valence-electron chi connectivity index (χ2n) is 6.22. The number of benzene rings is 2. The van der Waals surface area contributed by atoms with Crippen LogP contribution in [0.25, 0.3) is 0 Å². The summed E-state index contributed by atoms with van der Waals surface area (Å²) in [5.41, 5.74) is 0.317. The zero-order valence-corrected chi connectivity index (χ0v) is 16.8. The average molecular weight is 437 g/mol. The van der Waals surface area contributed by atoms with E-state index in [1.54, 1.807) is 0 Å². The van der Waals surface area contributed by atoms with Gasteiger partial charge < -0.3 is 20.5 Å². The molecule has 3 rings (SSSR count). The fourth-order valence-corrected chi connectivity index (χ4v) is 4.56. The third-order valence-corrected chi connectivity index (χ3v) is 6.15. The molecule has 152 valence electrons. The van der Waals surface area contributed by atoms with E-state index >= 15 is 0 Å². The van der Waals surface area contributed by atoms with Crippen LogP contribution >= 0.6 is 11.6 Å². The van der Waals surface area contributed by atoms with Gasteiger partial charge in [0.1, 0.15) is 5.75 Å². The summed E-state index contributed by atoms with van der Waals surface area (Å²) in [7, 11) is -2.77. The molecule has 0 aromatic heterocycles. The highest BCUT2D eigenvalue weighted by Gasteiger charge is 2.35. The molecule has 1 atom stereocenters. The minimum Gasteiger partial charge on any atom is -0.508 e. The molecule has 0 saturated heterocycles. The van der Waals surface area contributed by atoms with Gasteiger partial charge in [-0.2, -0.15) is 0 Å². The number of hydrogen-bond acceptors (Lipinski definition) is 6. The lowest BCUT2D eigenvalue weighted by molar-refractivity contribution is -0.136. The molecule has 0 radical (unpaired) electrons. The van der Waals surface area contributed by atoms with Gasteiger partial charge in [0, 0.05) is 10.7 Å². The Labute approximate surface area is 172 Å². The van der Waals surface area contributed by atoms with Gasteiger partial charge in [-0.25, -0.2) is 18.0 Å². The second-order valence-corrected chi connectivity index (χ2v) is 8.65. The zero-order chi connectivity index (χ0) is 21.2. The monoisotopic (exact) mass is 436 g/mol. The Morgan fingerprint density at radius 3 is 2.52 bits per heavy atom. The fourth-order valence-electron chi connectivity index (χ4n) is 2.93. The van der Waals surface area contributed by atoms with Crippen molar-refractivity contribution >= 4 is 33.4 Å². The van der Waals surface area contributed by atoms with Crippen LogP contribution in [0.2, 0.25) is 5.02 Å². The molecule has 2 aromatic rings. The maximum absolute atomic E-state index is 12.9. The largest absolute Gasteiger partial charge is 0.508 e. The summed E-state index contributed by atoms with van der Waals surface area (Å²) in [4.78, 5) is 24.6. The molecule has 29 heavy (non-hydrogen) atoms. The van der Waals surface area contributed by atoms with Crippen molar-refractivity contribution in [2.24, 2.45) is 0 Å². The van der Waals surface area contributed by atoms with E-state index in [1.807, 2.05) is 0 Å². The number of methoxy groups -OCH3 is 1. The molecule has 3 N–H and O–H groups in total. The molecule has 1 heterocycles. The molecule has 0 saturated carbocycles. The molecule has 2 aromatic carbocycles. The predicted octanol–water partition coefficient (Wildman–Crippen LogP) is 2.30. The molecule has 0 unspecified atom stereocenters. The lowest BCUT2D eigenvalue weighted by Crippen LogP contribution is -2.47. The average Bonchev–Trinajstić information content (AvgIpc) is 2.67. The van der Waals surface area contributed by atoms with Crippen molar-refractivity contribution in [3.05, 3.63) is 70.4 Å². The lowest BCUT2D eigenvalue weighted by atomic mass is 9.95.